The van der Waals surface area contributed by atoms with Gasteiger partial charge < -0.3 is 14.3 Å². The number of rotatable bonds is 6. The summed E-state index contributed by atoms with van der Waals surface area (Å²) < 4.78 is 8.91. The summed E-state index contributed by atoms with van der Waals surface area (Å²) in [7, 11) is 1.65. The molecule has 6 aromatic rings. The minimum absolute atomic E-state index is 0.0724. The number of nitrogens with zero attached hydrogens (tertiary/aromatic N) is 4. The Morgan fingerprint density at radius 2 is 1.82 bits per heavy atom. The highest BCUT2D eigenvalue weighted by Gasteiger charge is 2.18. The van der Waals surface area contributed by atoms with E-state index in [1.807, 2.05) is 60.9 Å². The van der Waals surface area contributed by atoms with Crippen LogP contribution in [0.5, 0.6) is 0 Å². The van der Waals surface area contributed by atoms with E-state index in [9.17, 15) is 4.79 Å². The molecule has 1 N–H and O–H groups in total. The third-order valence-corrected chi connectivity index (χ3v) is 6.30. The number of pyridine rings is 1. The quantitative estimate of drug-likeness (QED) is 0.404. The molecule has 0 radical (unpaired) electrons. The van der Waals surface area contributed by atoms with Crippen LogP contribution in [0.1, 0.15) is 11.3 Å². The Kier molecular flexibility index (Phi) is 4.96. The highest BCUT2D eigenvalue weighted by atomic mass is 16.5. The molecule has 2 aromatic carbocycles. The lowest BCUT2D eigenvalue weighted by molar-refractivity contribution is 0.181. The normalized spacial score (nSPS) is 11.7. The Labute approximate surface area is 195 Å². The van der Waals surface area contributed by atoms with Crippen LogP contribution < -0.4 is 5.56 Å². The number of ether oxygens (including phenoxy) is 1. The Hall–Kier alpha value is -4.23. The molecule has 0 bridgehead atoms. The number of para-hydroxylation sites is 1. The van der Waals surface area contributed by atoms with E-state index in [2.05, 4.69) is 22.1 Å². The van der Waals surface area contributed by atoms with Crippen molar-refractivity contribution in [1.29, 1.82) is 0 Å². The second kappa shape index (κ2) is 8.28. The SMILES string of the molecule is COCc1nn2c(ncc3c(=O)n(CCc4c[nH]c5ccccc45)ccc32)c1-c1ccccc1. The summed E-state index contributed by atoms with van der Waals surface area (Å²) in [5, 5.41) is 6.51. The predicted octanol–water partition coefficient (Wildman–Crippen LogP) is 4.58. The number of aromatic amines is 1. The van der Waals surface area contributed by atoms with Gasteiger partial charge in [-0.1, -0.05) is 48.5 Å². The fourth-order valence-corrected chi connectivity index (χ4v) is 4.65. The van der Waals surface area contributed by atoms with E-state index in [-0.39, 0.29) is 5.56 Å². The van der Waals surface area contributed by atoms with E-state index in [0.29, 0.717) is 24.2 Å². The summed E-state index contributed by atoms with van der Waals surface area (Å²) in [6.45, 7) is 0.939. The summed E-state index contributed by atoms with van der Waals surface area (Å²) in [6, 6.07) is 20.2. The van der Waals surface area contributed by atoms with Crippen LogP contribution in [0, 0.1) is 0 Å². The zero-order valence-electron chi connectivity index (χ0n) is 18.7. The maximum atomic E-state index is 13.3. The largest absolute Gasteiger partial charge is 0.378 e. The molecule has 4 aromatic heterocycles. The zero-order valence-corrected chi connectivity index (χ0v) is 18.7. The van der Waals surface area contributed by atoms with E-state index in [0.717, 1.165) is 34.3 Å². The van der Waals surface area contributed by atoms with Crippen molar-refractivity contribution in [3.63, 3.8) is 0 Å². The number of nitrogens with one attached hydrogen (secondary N) is 1. The number of fused-ring (bicyclic) bond motifs is 4. The second-order valence-electron chi connectivity index (χ2n) is 8.34. The van der Waals surface area contributed by atoms with Gasteiger partial charge in [-0.2, -0.15) is 5.10 Å². The van der Waals surface area contributed by atoms with Crippen molar-refractivity contribution in [3.05, 3.63) is 101 Å². The molecule has 0 fully saturated rings. The zero-order chi connectivity index (χ0) is 23.1. The average molecular weight is 450 g/mol. The third-order valence-electron chi connectivity index (χ3n) is 6.30. The Bertz CT molecular complexity index is 1700. The molecule has 168 valence electrons. The van der Waals surface area contributed by atoms with Gasteiger partial charge in [0.1, 0.15) is 0 Å². The smallest absolute Gasteiger partial charge is 0.261 e. The summed E-state index contributed by atoms with van der Waals surface area (Å²) >= 11 is 0. The van der Waals surface area contributed by atoms with E-state index in [1.54, 1.807) is 22.4 Å². The van der Waals surface area contributed by atoms with Gasteiger partial charge in [0, 0.05) is 43.1 Å². The van der Waals surface area contributed by atoms with Gasteiger partial charge in [-0.3, -0.25) is 4.79 Å². The molecule has 7 nitrogen and oxygen atoms in total. The van der Waals surface area contributed by atoms with Crippen molar-refractivity contribution in [2.45, 2.75) is 19.6 Å². The summed E-state index contributed by atoms with van der Waals surface area (Å²) in [4.78, 5) is 21.3. The molecule has 0 saturated carbocycles. The minimum atomic E-state index is -0.0724. The van der Waals surface area contributed by atoms with Gasteiger partial charge in [0.05, 0.1) is 28.8 Å². The minimum Gasteiger partial charge on any atom is -0.378 e. The first-order valence-corrected chi connectivity index (χ1v) is 11.2. The number of aromatic nitrogens is 5. The monoisotopic (exact) mass is 449 g/mol. The first kappa shape index (κ1) is 20.4. The fourth-order valence-electron chi connectivity index (χ4n) is 4.65. The van der Waals surface area contributed by atoms with Crippen LogP contribution in [0.2, 0.25) is 0 Å². The lowest BCUT2D eigenvalue weighted by Gasteiger charge is -2.08. The number of aryl methyl sites for hydroxylation is 2. The van der Waals surface area contributed by atoms with Gasteiger partial charge in [-0.15, -0.1) is 0 Å². The molecule has 0 saturated heterocycles. The van der Waals surface area contributed by atoms with Crippen LogP contribution in [0.4, 0.5) is 0 Å². The van der Waals surface area contributed by atoms with Crippen LogP contribution in [-0.2, 0) is 24.3 Å². The average Bonchev–Trinajstić information content (AvgIpc) is 3.46. The maximum absolute atomic E-state index is 13.3. The van der Waals surface area contributed by atoms with Crippen molar-refractivity contribution in [1.82, 2.24) is 24.1 Å². The molecular formula is C27H23N5O2. The van der Waals surface area contributed by atoms with E-state index in [4.69, 9.17) is 9.84 Å². The molecule has 4 heterocycles. The molecule has 6 rings (SSSR count). The van der Waals surface area contributed by atoms with E-state index in [1.165, 1.54) is 10.9 Å². The number of hydrogen-bond acceptors (Lipinski definition) is 4. The molecule has 34 heavy (non-hydrogen) atoms. The fraction of sp³-hybridized carbons (Fsp3) is 0.148. The highest BCUT2D eigenvalue weighted by Crippen LogP contribution is 2.29. The molecular weight excluding hydrogens is 426 g/mol. The van der Waals surface area contributed by atoms with Gasteiger partial charge in [0.15, 0.2) is 5.65 Å². The van der Waals surface area contributed by atoms with Crippen molar-refractivity contribution in [3.8, 4) is 11.1 Å². The number of H-pyrrole nitrogens is 1. The van der Waals surface area contributed by atoms with Gasteiger partial charge in [-0.05, 0) is 29.7 Å². The predicted molar refractivity (Wildman–Crippen MR) is 133 cm³/mol. The topological polar surface area (TPSA) is 77.2 Å². The van der Waals surface area contributed by atoms with Gasteiger partial charge in [-0.25, -0.2) is 9.50 Å². The summed E-state index contributed by atoms with van der Waals surface area (Å²) in [5.74, 6) is 0. The maximum Gasteiger partial charge on any atom is 0.261 e. The van der Waals surface area contributed by atoms with Crippen LogP contribution in [0.25, 0.3) is 38.6 Å². The first-order valence-electron chi connectivity index (χ1n) is 11.2. The molecule has 0 amide bonds. The molecule has 0 spiro atoms. The van der Waals surface area contributed by atoms with E-state index < -0.39 is 0 Å². The number of methoxy groups -OCH3 is 1. The molecule has 0 aliphatic heterocycles. The lowest BCUT2D eigenvalue weighted by Crippen LogP contribution is -2.21. The molecule has 7 heteroatoms. The lowest BCUT2D eigenvalue weighted by atomic mass is 10.1. The number of hydrogen-bond donors (Lipinski definition) is 1. The van der Waals surface area contributed by atoms with Gasteiger partial charge >= 0.3 is 0 Å². The summed E-state index contributed by atoms with van der Waals surface area (Å²) in [6.07, 6.45) is 6.29. The summed E-state index contributed by atoms with van der Waals surface area (Å²) in [5.41, 5.74) is 6.40. The van der Waals surface area contributed by atoms with E-state index >= 15 is 0 Å². The Morgan fingerprint density at radius 1 is 1.00 bits per heavy atom. The number of benzene rings is 2. The van der Waals surface area contributed by atoms with Crippen molar-refractivity contribution in [2.75, 3.05) is 7.11 Å². The highest BCUT2D eigenvalue weighted by molar-refractivity contribution is 5.86. The van der Waals surface area contributed by atoms with Crippen molar-refractivity contribution >= 4 is 27.5 Å². The van der Waals surface area contributed by atoms with Crippen molar-refractivity contribution < 1.29 is 4.74 Å². The van der Waals surface area contributed by atoms with Crippen LogP contribution in [-0.4, -0.2) is 31.3 Å². The Morgan fingerprint density at radius 3 is 2.68 bits per heavy atom. The Balaban J connectivity index is 1.42. The van der Waals surface area contributed by atoms with Gasteiger partial charge in [0.25, 0.3) is 5.56 Å². The van der Waals surface area contributed by atoms with Crippen LogP contribution >= 0.6 is 0 Å². The second-order valence-corrected chi connectivity index (χ2v) is 8.34. The molecule has 0 aliphatic rings. The first-order chi connectivity index (χ1) is 16.7. The third kappa shape index (κ3) is 3.29. The van der Waals surface area contributed by atoms with Crippen LogP contribution in [0.3, 0.4) is 0 Å². The van der Waals surface area contributed by atoms with Crippen molar-refractivity contribution in [2.24, 2.45) is 0 Å². The standard InChI is InChI=1S/C27H23N5O2/c1-34-17-23-25(18-7-3-2-4-8-18)26-29-16-21-24(32(26)30-23)12-14-31(27(21)33)13-11-19-15-28-22-10-6-5-9-20(19)22/h2-10,12,14-16,28H,11,13,17H2,1H3. The van der Waals surface area contributed by atoms with Crippen LogP contribution in [0.15, 0.2) is 84.0 Å². The van der Waals surface area contributed by atoms with Gasteiger partial charge in [0.2, 0.25) is 0 Å². The molecule has 0 aliphatic carbocycles. The molecule has 0 atom stereocenters. The molecule has 0 unspecified atom stereocenters.